The van der Waals surface area contributed by atoms with Crippen molar-refractivity contribution in [2.24, 2.45) is 11.7 Å². The molecule has 31 heavy (non-hydrogen) atoms. The Morgan fingerprint density at radius 1 is 1.19 bits per heavy atom. The Kier molecular flexibility index (Phi) is 6.88. The normalized spacial score (nSPS) is 18.9. The second kappa shape index (κ2) is 9.62. The molecule has 1 atom stereocenters. The fraction of sp³-hybridized carbons (Fsp3) is 0.500. The van der Waals surface area contributed by atoms with Crippen LogP contribution in [0.4, 0.5) is 0 Å². The zero-order valence-corrected chi connectivity index (χ0v) is 19.6. The average Bonchev–Trinajstić information content (AvgIpc) is 2.81. The number of nitrogens with zero attached hydrogens (tertiary/aromatic N) is 3. The highest BCUT2D eigenvalue weighted by molar-refractivity contribution is 6.36. The van der Waals surface area contributed by atoms with Crippen molar-refractivity contribution < 1.29 is 0 Å². The number of nitrogens with two attached hydrogens (primary N) is 1. The number of pyridine rings is 1. The van der Waals surface area contributed by atoms with Gasteiger partial charge < -0.3 is 15.5 Å². The Hall–Kier alpha value is -2.04. The second-order valence-corrected chi connectivity index (χ2v) is 9.40. The van der Waals surface area contributed by atoms with Crippen LogP contribution in [0.15, 0.2) is 37.1 Å². The quantitative estimate of drug-likeness (QED) is 0.641. The smallest absolute Gasteiger partial charge is 0.0727 e. The molecule has 1 unspecified atom stereocenters. The number of halogens is 1. The van der Waals surface area contributed by atoms with Gasteiger partial charge in [0, 0.05) is 48.7 Å². The molecular weight excluding hydrogens is 404 g/mol. The molecule has 1 saturated heterocycles. The predicted molar refractivity (Wildman–Crippen MR) is 132 cm³/mol. The van der Waals surface area contributed by atoms with Crippen LogP contribution in [0.2, 0.25) is 5.02 Å². The van der Waals surface area contributed by atoms with Gasteiger partial charge >= 0.3 is 0 Å². The van der Waals surface area contributed by atoms with Gasteiger partial charge in [0.05, 0.1) is 10.5 Å². The van der Waals surface area contributed by atoms with Crippen LogP contribution in [-0.2, 0) is 12.8 Å². The largest absolute Gasteiger partial charge is 0.372 e. The summed E-state index contributed by atoms with van der Waals surface area (Å²) in [6, 6.07) is 6.41. The molecule has 1 aliphatic heterocycles. The summed E-state index contributed by atoms with van der Waals surface area (Å²) in [6.45, 7) is 15.6. The fourth-order valence-corrected chi connectivity index (χ4v) is 5.22. The molecule has 0 spiro atoms. The maximum absolute atomic E-state index is 6.79. The third-order valence-corrected chi connectivity index (χ3v) is 7.41. The van der Waals surface area contributed by atoms with E-state index in [0.717, 1.165) is 84.7 Å². The molecule has 0 saturated carbocycles. The highest BCUT2D eigenvalue weighted by Crippen LogP contribution is 2.35. The number of piperazine rings is 1. The third-order valence-electron chi connectivity index (χ3n) is 6.98. The lowest BCUT2D eigenvalue weighted by molar-refractivity contribution is 0.209. The van der Waals surface area contributed by atoms with Crippen LogP contribution in [0, 0.1) is 5.92 Å². The Bertz CT molecular complexity index is 975. The highest BCUT2D eigenvalue weighted by atomic mass is 35.5. The first-order valence-corrected chi connectivity index (χ1v) is 12.1. The Morgan fingerprint density at radius 2 is 1.94 bits per heavy atom. The van der Waals surface area contributed by atoms with Crippen LogP contribution >= 0.6 is 11.6 Å². The SMILES string of the molecule is C=C(CCCC)N1CCN(C(=C)c2ccc3c(Cl)c4c(nc3c2)CC(CN)CC4)CC1. The minimum atomic E-state index is 0.509. The molecule has 1 aliphatic carbocycles. The van der Waals surface area contributed by atoms with Crippen molar-refractivity contribution in [3.05, 3.63) is 58.9 Å². The maximum Gasteiger partial charge on any atom is 0.0727 e. The lowest BCUT2D eigenvalue weighted by Crippen LogP contribution is -2.44. The number of fused-ring (bicyclic) bond motifs is 2. The molecule has 0 amide bonds. The molecule has 1 aromatic heterocycles. The lowest BCUT2D eigenvalue weighted by atomic mass is 9.86. The van der Waals surface area contributed by atoms with Crippen LogP contribution in [0.5, 0.6) is 0 Å². The summed E-state index contributed by atoms with van der Waals surface area (Å²) in [7, 11) is 0. The molecule has 2 heterocycles. The van der Waals surface area contributed by atoms with Crippen LogP contribution in [-0.4, -0.2) is 47.5 Å². The number of unbranched alkanes of at least 4 members (excludes halogenated alkanes) is 1. The van der Waals surface area contributed by atoms with Crippen LogP contribution in [0.3, 0.4) is 0 Å². The Balaban J connectivity index is 1.50. The molecule has 5 heteroatoms. The maximum atomic E-state index is 6.79. The van der Waals surface area contributed by atoms with Crippen LogP contribution in [0.25, 0.3) is 16.6 Å². The van der Waals surface area contributed by atoms with Gasteiger partial charge in [-0.3, -0.25) is 4.98 Å². The molecule has 1 aromatic carbocycles. The third kappa shape index (κ3) is 4.61. The minimum absolute atomic E-state index is 0.509. The van der Waals surface area contributed by atoms with Crippen molar-refractivity contribution in [3.8, 4) is 0 Å². The van der Waals surface area contributed by atoms with E-state index in [4.69, 9.17) is 22.3 Å². The van der Waals surface area contributed by atoms with Crippen LogP contribution in [0.1, 0.15) is 49.4 Å². The molecular formula is C26H35ClN4. The van der Waals surface area contributed by atoms with Crippen molar-refractivity contribution in [2.75, 3.05) is 32.7 Å². The van der Waals surface area contributed by atoms with E-state index in [-0.39, 0.29) is 0 Å². The molecule has 0 radical (unpaired) electrons. The number of allylic oxidation sites excluding steroid dienone is 1. The van der Waals surface area contributed by atoms with Crippen molar-refractivity contribution in [1.29, 1.82) is 0 Å². The standard InChI is InChI=1S/C26H35ClN4/c1-4-5-6-18(2)30-11-13-31(14-12-30)19(3)21-8-10-23-25(16-21)29-24-15-20(17-28)7-9-22(24)26(23)27/h8,10,16,20H,2-7,9,11-15,17,28H2,1H3. The number of rotatable bonds is 7. The molecule has 4 nitrogen and oxygen atoms in total. The molecule has 2 aromatic rings. The van der Waals surface area contributed by atoms with E-state index in [1.54, 1.807) is 0 Å². The summed E-state index contributed by atoms with van der Waals surface area (Å²) in [5.74, 6) is 0.509. The van der Waals surface area contributed by atoms with Gasteiger partial charge in [-0.25, -0.2) is 0 Å². The van der Waals surface area contributed by atoms with Crippen molar-refractivity contribution in [3.63, 3.8) is 0 Å². The first kappa shape index (κ1) is 22.2. The van der Waals surface area contributed by atoms with E-state index in [1.807, 2.05) is 0 Å². The summed E-state index contributed by atoms with van der Waals surface area (Å²) >= 11 is 6.79. The predicted octanol–water partition coefficient (Wildman–Crippen LogP) is 5.24. The first-order chi connectivity index (χ1) is 15.0. The highest BCUT2D eigenvalue weighted by Gasteiger charge is 2.24. The summed E-state index contributed by atoms with van der Waals surface area (Å²) in [5, 5.41) is 1.91. The van der Waals surface area contributed by atoms with Gasteiger partial charge in [0.2, 0.25) is 0 Å². The number of benzene rings is 1. The van der Waals surface area contributed by atoms with Gasteiger partial charge in [-0.05, 0) is 61.8 Å². The lowest BCUT2D eigenvalue weighted by Gasteiger charge is -2.39. The van der Waals surface area contributed by atoms with Gasteiger partial charge in [-0.2, -0.15) is 0 Å². The fourth-order valence-electron chi connectivity index (χ4n) is 4.85. The van der Waals surface area contributed by atoms with Gasteiger partial charge in [0.1, 0.15) is 0 Å². The van der Waals surface area contributed by atoms with E-state index in [2.05, 4.69) is 48.1 Å². The van der Waals surface area contributed by atoms with E-state index in [0.29, 0.717) is 12.5 Å². The van der Waals surface area contributed by atoms with Crippen molar-refractivity contribution >= 4 is 28.2 Å². The molecule has 4 rings (SSSR count). The molecule has 166 valence electrons. The average molecular weight is 439 g/mol. The summed E-state index contributed by atoms with van der Waals surface area (Å²) in [6.07, 6.45) is 6.53. The van der Waals surface area contributed by atoms with Gasteiger partial charge in [0.25, 0.3) is 0 Å². The van der Waals surface area contributed by atoms with E-state index >= 15 is 0 Å². The topological polar surface area (TPSA) is 45.4 Å². The molecule has 1 fully saturated rings. The van der Waals surface area contributed by atoms with Gasteiger partial charge in [-0.15, -0.1) is 0 Å². The second-order valence-electron chi connectivity index (χ2n) is 9.02. The molecule has 2 N–H and O–H groups in total. The Morgan fingerprint density at radius 3 is 2.65 bits per heavy atom. The monoisotopic (exact) mass is 438 g/mol. The van der Waals surface area contributed by atoms with Crippen LogP contribution < -0.4 is 5.73 Å². The minimum Gasteiger partial charge on any atom is -0.372 e. The first-order valence-electron chi connectivity index (χ1n) is 11.7. The van der Waals surface area contributed by atoms with Crippen molar-refractivity contribution in [2.45, 2.75) is 45.4 Å². The van der Waals surface area contributed by atoms with Crippen molar-refractivity contribution in [1.82, 2.24) is 14.8 Å². The number of hydrogen-bond acceptors (Lipinski definition) is 4. The van der Waals surface area contributed by atoms with E-state index in [1.165, 1.54) is 24.1 Å². The van der Waals surface area contributed by atoms with Gasteiger partial charge in [-0.1, -0.05) is 50.2 Å². The number of aromatic nitrogens is 1. The van der Waals surface area contributed by atoms with E-state index < -0.39 is 0 Å². The molecule has 2 aliphatic rings. The van der Waals surface area contributed by atoms with Gasteiger partial charge in [0.15, 0.2) is 0 Å². The number of hydrogen-bond donors (Lipinski definition) is 1. The summed E-state index contributed by atoms with van der Waals surface area (Å²) < 4.78 is 0. The zero-order chi connectivity index (χ0) is 22.0. The van der Waals surface area contributed by atoms with E-state index in [9.17, 15) is 0 Å². The summed E-state index contributed by atoms with van der Waals surface area (Å²) in [4.78, 5) is 9.82. The Labute approximate surface area is 191 Å². The molecule has 0 bridgehead atoms. The summed E-state index contributed by atoms with van der Waals surface area (Å²) in [5.41, 5.74) is 12.7. The zero-order valence-electron chi connectivity index (χ0n) is 18.8.